The van der Waals surface area contributed by atoms with Crippen molar-refractivity contribution in [1.82, 2.24) is 15.1 Å². The van der Waals surface area contributed by atoms with Gasteiger partial charge in [-0.1, -0.05) is 28.9 Å². The smallest absolute Gasteiger partial charge is 0.317 e. The number of halogens is 1. The van der Waals surface area contributed by atoms with E-state index in [0.29, 0.717) is 38.3 Å². The Morgan fingerprint density at radius 2 is 1.86 bits per heavy atom. The van der Waals surface area contributed by atoms with Crippen LogP contribution in [0, 0.1) is 0 Å². The third-order valence-corrected chi connectivity index (χ3v) is 3.95. The molecule has 114 valence electrons. The summed E-state index contributed by atoms with van der Waals surface area (Å²) in [5.74, 6) is 0.0184. The molecule has 0 bridgehead atoms. The second-order valence-electron chi connectivity index (χ2n) is 5.02. The largest absolute Gasteiger partial charge is 0.338 e. The van der Waals surface area contributed by atoms with Crippen molar-refractivity contribution < 1.29 is 9.59 Å². The fourth-order valence-electron chi connectivity index (χ4n) is 2.26. The summed E-state index contributed by atoms with van der Waals surface area (Å²) in [6.45, 7) is 5.02. The van der Waals surface area contributed by atoms with Gasteiger partial charge in [-0.2, -0.15) is 0 Å². The van der Waals surface area contributed by atoms with E-state index < -0.39 is 0 Å². The molecule has 1 aromatic rings. The van der Waals surface area contributed by atoms with Gasteiger partial charge in [-0.3, -0.25) is 4.79 Å². The van der Waals surface area contributed by atoms with E-state index in [1.54, 1.807) is 9.80 Å². The number of hydrogen-bond donors (Lipinski definition) is 1. The second-order valence-corrected chi connectivity index (χ2v) is 5.94. The Morgan fingerprint density at radius 1 is 1.19 bits per heavy atom. The molecule has 0 aliphatic carbocycles. The van der Waals surface area contributed by atoms with E-state index >= 15 is 0 Å². The highest BCUT2D eigenvalue weighted by atomic mass is 79.9. The monoisotopic (exact) mass is 353 g/mol. The summed E-state index contributed by atoms with van der Waals surface area (Å²) in [7, 11) is 0. The lowest BCUT2D eigenvalue weighted by Gasteiger charge is -2.34. The first-order valence-electron chi connectivity index (χ1n) is 7.19. The quantitative estimate of drug-likeness (QED) is 0.906. The number of hydrogen-bond acceptors (Lipinski definition) is 2. The fourth-order valence-corrected chi connectivity index (χ4v) is 2.66. The van der Waals surface area contributed by atoms with E-state index in [2.05, 4.69) is 21.2 Å². The van der Waals surface area contributed by atoms with Crippen molar-refractivity contribution in [2.24, 2.45) is 0 Å². The minimum atomic E-state index is -0.0357. The molecule has 21 heavy (non-hydrogen) atoms. The molecule has 3 amide bonds. The third kappa shape index (κ3) is 4.20. The van der Waals surface area contributed by atoms with Crippen LogP contribution in [0.15, 0.2) is 28.7 Å². The van der Waals surface area contributed by atoms with Crippen LogP contribution in [0.5, 0.6) is 0 Å². The summed E-state index contributed by atoms with van der Waals surface area (Å²) in [6.07, 6.45) is 0.924. The summed E-state index contributed by atoms with van der Waals surface area (Å²) >= 11 is 3.38. The molecule has 0 unspecified atom stereocenters. The molecule has 1 N–H and O–H groups in total. The average molecular weight is 354 g/mol. The Hall–Kier alpha value is -1.56. The van der Waals surface area contributed by atoms with Crippen LogP contribution in [0.3, 0.4) is 0 Å². The summed E-state index contributed by atoms with van der Waals surface area (Å²) in [6, 6.07) is 7.35. The van der Waals surface area contributed by atoms with Crippen LogP contribution in [0.1, 0.15) is 23.7 Å². The van der Waals surface area contributed by atoms with Crippen molar-refractivity contribution in [2.45, 2.75) is 13.3 Å². The van der Waals surface area contributed by atoms with Crippen LogP contribution in [0.4, 0.5) is 4.79 Å². The summed E-state index contributed by atoms with van der Waals surface area (Å²) < 4.78 is 0.894. The predicted octanol–water partition coefficient (Wildman–Crippen LogP) is 2.33. The number of piperazine rings is 1. The van der Waals surface area contributed by atoms with Gasteiger partial charge in [0.05, 0.1) is 0 Å². The molecular weight excluding hydrogens is 334 g/mol. The normalized spacial score (nSPS) is 15.0. The Kier molecular flexibility index (Phi) is 5.61. The number of amides is 3. The van der Waals surface area contributed by atoms with Crippen LogP contribution >= 0.6 is 15.9 Å². The number of rotatable bonds is 3. The number of nitrogens with zero attached hydrogens (tertiary/aromatic N) is 2. The zero-order valence-electron chi connectivity index (χ0n) is 12.1. The standard InChI is InChI=1S/C15H20BrN3O2/c1-2-6-17-15(21)19-9-7-18(8-10-19)14(20)12-4-3-5-13(16)11-12/h3-5,11H,2,6-10H2,1H3,(H,17,21). The van der Waals surface area contributed by atoms with Crippen LogP contribution in [-0.2, 0) is 0 Å². The molecular formula is C15H20BrN3O2. The van der Waals surface area contributed by atoms with Crippen molar-refractivity contribution in [1.29, 1.82) is 0 Å². The summed E-state index contributed by atoms with van der Waals surface area (Å²) in [4.78, 5) is 27.8. The van der Waals surface area contributed by atoms with Crippen molar-refractivity contribution in [3.05, 3.63) is 34.3 Å². The van der Waals surface area contributed by atoms with E-state index in [4.69, 9.17) is 0 Å². The van der Waals surface area contributed by atoms with E-state index in [0.717, 1.165) is 10.9 Å². The number of urea groups is 1. The molecule has 6 heteroatoms. The predicted molar refractivity (Wildman–Crippen MR) is 85.3 cm³/mol. The number of benzene rings is 1. The van der Waals surface area contributed by atoms with E-state index in [9.17, 15) is 9.59 Å². The highest BCUT2D eigenvalue weighted by Gasteiger charge is 2.24. The molecule has 0 aromatic heterocycles. The molecule has 0 atom stereocenters. The van der Waals surface area contributed by atoms with Gasteiger partial charge in [0.25, 0.3) is 5.91 Å². The number of carbonyl (C=O) groups is 2. The molecule has 1 saturated heterocycles. The lowest BCUT2D eigenvalue weighted by atomic mass is 10.2. The van der Waals surface area contributed by atoms with Crippen LogP contribution in [0.2, 0.25) is 0 Å². The molecule has 2 rings (SSSR count). The zero-order chi connectivity index (χ0) is 15.2. The second kappa shape index (κ2) is 7.45. The van der Waals surface area contributed by atoms with Gasteiger partial charge in [0.1, 0.15) is 0 Å². The molecule has 1 fully saturated rings. The molecule has 1 heterocycles. The van der Waals surface area contributed by atoms with Crippen molar-refractivity contribution >= 4 is 27.9 Å². The maximum Gasteiger partial charge on any atom is 0.317 e. The number of carbonyl (C=O) groups excluding carboxylic acids is 2. The first-order valence-corrected chi connectivity index (χ1v) is 7.98. The SMILES string of the molecule is CCCNC(=O)N1CCN(C(=O)c2cccc(Br)c2)CC1. The van der Waals surface area contributed by atoms with Gasteiger partial charge in [0.15, 0.2) is 0 Å². The van der Waals surface area contributed by atoms with Crippen molar-refractivity contribution in [3.63, 3.8) is 0 Å². The van der Waals surface area contributed by atoms with Gasteiger partial charge in [-0.25, -0.2) is 4.79 Å². The van der Waals surface area contributed by atoms with E-state index in [1.807, 2.05) is 31.2 Å². The summed E-state index contributed by atoms with van der Waals surface area (Å²) in [5, 5.41) is 2.86. The van der Waals surface area contributed by atoms with Gasteiger partial charge < -0.3 is 15.1 Å². The average Bonchev–Trinajstić information content (AvgIpc) is 2.52. The lowest BCUT2D eigenvalue weighted by Crippen LogP contribution is -2.53. The molecule has 0 radical (unpaired) electrons. The van der Waals surface area contributed by atoms with E-state index in [-0.39, 0.29) is 11.9 Å². The highest BCUT2D eigenvalue weighted by molar-refractivity contribution is 9.10. The maximum absolute atomic E-state index is 12.4. The first-order chi connectivity index (χ1) is 10.1. The molecule has 5 nitrogen and oxygen atoms in total. The van der Waals surface area contributed by atoms with Gasteiger partial charge in [0.2, 0.25) is 0 Å². The molecule has 1 aromatic carbocycles. The lowest BCUT2D eigenvalue weighted by molar-refractivity contribution is 0.0665. The van der Waals surface area contributed by atoms with Crippen molar-refractivity contribution in [2.75, 3.05) is 32.7 Å². The molecule has 0 spiro atoms. The van der Waals surface area contributed by atoms with Gasteiger partial charge in [0, 0.05) is 42.8 Å². The maximum atomic E-state index is 12.4. The molecule has 1 aliphatic rings. The van der Waals surface area contributed by atoms with E-state index in [1.165, 1.54) is 0 Å². The minimum absolute atomic E-state index is 0.0184. The highest BCUT2D eigenvalue weighted by Crippen LogP contribution is 2.14. The number of nitrogens with one attached hydrogen (secondary N) is 1. The molecule has 1 aliphatic heterocycles. The Labute approximate surface area is 133 Å². The van der Waals surface area contributed by atoms with Crippen LogP contribution < -0.4 is 5.32 Å². The minimum Gasteiger partial charge on any atom is -0.338 e. The topological polar surface area (TPSA) is 52.7 Å². The summed E-state index contributed by atoms with van der Waals surface area (Å²) in [5.41, 5.74) is 0.674. The first kappa shape index (κ1) is 15.8. The fraction of sp³-hybridized carbons (Fsp3) is 0.467. The van der Waals surface area contributed by atoms with Gasteiger partial charge >= 0.3 is 6.03 Å². The zero-order valence-corrected chi connectivity index (χ0v) is 13.7. The Balaban J connectivity index is 1.89. The van der Waals surface area contributed by atoms with Crippen molar-refractivity contribution in [3.8, 4) is 0 Å². The van der Waals surface area contributed by atoms with Crippen LogP contribution in [-0.4, -0.2) is 54.5 Å². The Bertz CT molecular complexity index is 513. The van der Waals surface area contributed by atoms with Gasteiger partial charge in [-0.05, 0) is 24.6 Å². The third-order valence-electron chi connectivity index (χ3n) is 3.45. The Morgan fingerprint density at radius 3 is 2.48 bits per heavy atom. The molecule has 0 saturated carbocycles. The van der Waals surface area contributed by atoms with Crippen LogP contribution in [0.25, 0.3) is 0 Å². The van der Waals surface area contributed by atoms with Gasteiger partial charge in [-0.15, -0.1) is 0 Å².